The Morgan fingerprint density at radius 2 is 2.08 bits per heavy atom. The molecule has 0 amide bonds. The highest BCUT2D eigenvalue weighted by Gasteiger charge is 2.33. The van der Waals surface area contributed by atoms with Crippen molar-refractivity contribution in [3.05, 3.63) is 47.1 Å². The van der Waals surface area contributed by atoms with Crippen molar-refractivity contribution in [2.75, 3.05) is 13.1 Å². The van der Waals surface area contributed by atoms with E-state index in [1.807, 2.05) is 30.0 Å². The van der Waals surface area contributed by atoms with Gasteiger partial charge >= 0.3 is 5.97 Å². The first-order valence-electron chi connectivity index (χ1n) is 8.59. The van der Waals surface area contributed by atoms with Crippen molar-refractivity contribution in [3.8, 4) is 10.4 Å². The molecule has 0 aliphatic heterocycles. The van der Waals surface area contributed by atoms with E-state index < -0.39 is 5.97 Å². The molecule has 25 heavy (non-hydrogen) atoms. The molecular weight excluding hydrogens is 339 g/mol. The van der Waals surface area contributed by atoms with Crippen molar-refractivity contribution in [3.63, 3.8) is 0 Å². The molecule has 1 heterocycles. The first-order valence-corrected chi connectivity index (χ1v) is 9.41. The monoisotopic (exact) mass is 362 g/mol. The summed E-state index contributed by atoms with van der Waals surface area (Å²) in [5.41, 5.74) is 0.648. The van der Waals surface area contributed by atoms with Gasteiger partial charge in [-0.05, 0) is 37.6 Å². The highest BCUT2D eigenvalue weighted by molar-refractivity contribution is 7.15. The fourth-order valence-corrected chi connectivity index (χ4v) is 4.23. The quantitative estimate of drug-likeness (QED) is 0.754. The standard InChI is InChI=1S/C19H23FN2O2S/c1-2-22(12-19(23)24)14-9-13(10-14)21-11-15-7-8-18(25-15)16-5-3-4-6-17(16)20/h3-8,13-14,21H,2,9-12H2,1H3,(H,23,24). The summed E-state index contributed by atoms with van der Waals surface area (Å²) >= 11 is 1.61. The molecule has 3 rings (SSSR count). The Balaban J connectivity index is 1.48. The van der Waals surface area contributed by atoms with Gasteiger partial charge in [-0.3, -0.25) is 9.69 Å². The molecule has 134 valence electrons. The number of benzene rings is 1. The molecule has 0 saturated heterocycles. The highest BCUT2D eigenvalue weighted by Crippen LogP contribution is 2.31. The average Bonchev–Trinajstić information content (AvgIpc) is 3.01. The Morgan fingerprint density at radius 1 is 1.32 bits per heavy atom. The van der Waals surface area contributed by atoms with Crippen LogP contribution in [-0.2, 0) is 11.3 Å². The van der Waals surface area contributed by atoms with Crippen LogP contribution in [0.4, 0.5) is 4.39 Å². The number of hydrogen-bond donors (Lipinski definition) is 2. The maximum Gasteiger partial charge on any atom is 0.317 e. The van der Waals surface area contributed by atoms with E-state index in [9.17, 15) is 9.18 Å². The van der Waals surface area contributed by atoms with Gasteiger partial charge in [-0.15, -0.1) is 11.3 Å². The van der Waals surface area contributed by atoms with E-state index in [4.69, 9.17) is 5.11 Å². The Labute approximate surface area is 151 Å². The second-order valence-electron chi connectivity index (χ2n) is 6.41. The highest BCUT2D eigenvalue weighted by atomic mass is 32.1. The maximum absolute atomic E-state index is 13.8. The molecular formula is C19H23FN2O2S. The third-order valence-corrected chi connectivity index (χ3v) is 5.86. The molecule has 0 spiro atoms. The fourth-order valence-electron chi connectivity index (χ4n) is 3.25. The van der Waals surface area contributed by atoms with Crippen molar-refractivity contribution >= 4 is 17.3 Å². The third kappa shape index (κ3) is 4.45. The summed E-state index contributed by atoms with van der Waals surface area (Å²) in [6, 6.07) is 11.6. The summed E-state index contributed by atoms with van der Waals surface area (Å²) in [6.45, 7) is 3.65. The zero-order chi connectivity index (χ0) is 17.8. The number of hydrogen-bond acceptors (Lipinski definition) is 4. The number of halogens is 1. The van der Waals surface area contributed by atoms with Gasteiger partial charge in [0.1, 0.15) is 5.82 Å². The smallest absolute Gasteiger partial charge is 0.317 e. The van der Waals surface area contributed by atoms with Crippen molar-refractivity contribution in [2.24, 2.45) is 0 Å². The number of carboxylic acids is 1. The molecule has 2 N–H and O–H groups in total. The predicted octanol–water partition coefficient (Wildman–Crippen LogP) is 3.58. The molecule has 0 atom stereocenters. The number of thiophene rings is 1. The van der Waals surface area contributed by atoms with Crippen molar-refractivity contribution in [1.29, 1.82) is 0 Å². The second-order valence-corrected chi connectivity index (χ2v) is 7.57. The van der Waals surface area contributed by atoms with Crippen molar-refractivity contribution in [2.45, 2.75) is 38.4 Å². The largest absolute Gasteiger partial charge is 0.480 e. The van der Waals surface area contributed by atoms with E-state index in [0.717, 1.165) is 30.8 Å². The Bertz CT molecular complexity index is 728. The molecule has 0 bridgehead atoms. The molecule has 6 heteroatoms. The van der Waals surface area contributed by atoms with Gasteiger partial charge in [0.2, 0.25) is 0 Å². The molecule has 0 unspecified atom stereocenters. The lowest BCUT2D eigenvalue weighted by atomic mass is 9.85. The van der Waals surface area contributed by atoms with E-state index in [1.54, 1.807) is 23.5 Å². The lowest BCUT2D eigenvalue weighted by Crippen LogP contribution is -2.53. The van der Waals surface area contributed by atoms with E-state index in [1.165, 1.54) is 10.9 Å². The molecule has 0 radical (unpaired) electrons. The van der Waals surface area contributed by atoms with Gasteiger partial charge in [-0.1, -0.05) is 25.1 Å². The van der Waals surface area contributed by atoms with Gasteiger partial charge in [0, 0.05) is 33.9 Å². The zero-order valence-corrected chi connectivity index (χ0v) is 15.1. The lowest BCUT2D eigenvalue weighted by molar-refractivity contribution is -0.139. The summed E-state index contributed by atoms with van der Waals surface area (Å²) in [7, 11) is 0. The van der Waals surface area contributed by atoms with Gasteiger partial charge in [0.05, 0.1) is 6.54 Å². The topological polar surface area (TPSA) is 52.6 Å². The second kappa shape index (κ2) is 8.08. The van der Waals surface area contributed by atoms with Crippen LogP contribution in [0.5, 0.6) is 0 Å². The lowest BCUT2D eigenvalue weighted by Gasteiger charge is -2.42. The fraction of sp³-hybridized carbons (Fsp3) is 0.421. The van der Waals surface area contributed by atoms with Crippen molar-refractivity contribution < 1.29 is 14.3 Å². The maximum atomic E-state index is 13.8. The predicted molar refractivity (Wildman–Crippen MR) is 98.2 cm³/mol. The SMILES string of the molecule is CCN(CC(=O)O)C1CC(NCc2ccc(-c3ccccc3F)s2)C1. The molecule has 2 aromatic rings. The minimum absolute atomic E-state index is 0.116. The Morgan fingerprint density at radius 3 is 2.76 bits per heavy atom. The average molecular weight is 362 g/mol. The van der Waals surface area contributed by atoms with Gasteiger partial charge < -0.3 is 10.4 Å². The Hall–Kier alpha value is -1.76. The summed E-state index contributed by atoms with van der Waals surface area (Å²) in [6.07, 6.45) is 1.96. The first kappa shape index (κ1) is 18.0. The van der Waals surface area contributed by atoms with E-state index in [-0.39, 0.29) is 12.4 Å². The normalized spacial score (nSPS) is 19.8. The molecule has 1 aromatic heterocycles. The molecule has 1 saturated carbocycles. The number of nitrogens with one attached hydrogen (secondary N) is 1. The van der Waals surface area contributed by atoms with Crippen LogP contribution in [0.3, 0.4) is 0 Å². The zero-order valence-electron chi connectivity index (χ0n) is 14.2. The van der Waals surface area contributed by atoms with Gasteiger partial charge in [0.15, 0.2) is 0 Å². The summed E-state index contributed by atoms with van der Waals surface area (Å²) in [5.74, 6) is -0.957. The number of carboxylic acid groups (broad SMARTS) is 1. The number of rotatable bonds is 8. The van der Waals surface area contributed by atoms with E-state index in [0.29, 0.717) is 17.6 Å². The summed E-state index contributed by atoms with van der Waals surface area (Å²) in [4.78, 5) is 15.0. The van der Waals surface area contributed by atoms with Crippen LogP contribution in [0.2, 0.25) is 0 Å². The van der Waals surface area contributed by atoms with E-state index in [2.05, 4.69) is 5.32 Å². The van der Waals surface area contributed by atoms with E-state index >= 15 is 0 Å². The van der Waals surface area contributed by atoms with Crippen LogP contribution in [-0.4, -0.2) is 41.1 Å². The molecule has 1 fully saturated rings. The van der Waals surface area contributed by atoms with Crippen LogP contribution < -0.4 is 5.32 Å². The summed E-state index contributed by atoms with van der Waals surface area (Å²) in [5, 5.41) is 12.5. The number of nitrogens with zero attached hydrogens (tertiary/aromatic N) is 1. The third-order valence-electron chi connectivity index (χ3n) is 4.74. The number of aliphatic carboxylic acids is 1. The Kier molecular flexibility index (Phi) is 5.83. The van der Waals surface area contributed by atoms with Crippen LogP contribution in [0, 0.1) is 5.82 Å². The number of likely N-dealkylation sites (N-methyl/N-ethyl adjacent to an activating group) is 1. The van der Waals surface area contributed by atoms with Gasteiger partial charge in [-0.25, -0.2) is 4.39 Å². The van der Waals surface area contributed by atoms with Crippen LogP contribution >= 0.6 is 11.3 Å². The van der Waals surface area contributed by atoms with Crippen LogP contribution in [0.25, 0.3) is 10.4 Å². The summed E-state index contributed by atoms with van der Waals surface area (Å²) < 4.78 is 13.8. The minimum atomic E-state index is -0.766. The van der Waals surface area contributed by atoms with Crippen molar-refractivity contribution in [1.82, 2.24) is 10.2 Å². The minimum Gasteiger partial charge on any atom is -0.480 e. The number of carbonyl (C=O) groups is 1. The van der Waals surface area contributed by atoms with Crippen LogP contribution in [0.1, 0.15) is 24.6 Å². The molecule has 1 aromatic carbocycles. The molecule has 1 aliphatic carbocycles. The van der Waals surface area contributed by atoms with Gasteiger partial charge in [0.25, 0.3) is 0 Å². The molecule has 1 aliphatic rings. The first-order chi connectivity index (χ1) is 12.1. The van der Waals surface area contributed by atoms with Crippen LogP contribution in [0.15, 0.2) is 36.4 Å². The molecule has 4 nitrogen and oxygen atoms in total. The van der Waals surface area contributed by atoms with Gasteiger partial charge in [-0.2, -0.15) is 0 Å².